The van der Waals surface area contributed by atoms with Crippen molar-refractivity contribution in [3.8, 4) is 0 Å². The van der Waals surface area contributed by atoms with Crippen molar-refractivity contribution >= 4 is 12.0 Å². The molecule has 0 saturated carbocycles. The highest BCUT2D eigenvalue weighted by molar-refractivity contribution is 5.86. The van der Waals surface area contributed by atoms with Gasteiger partial charge in [0, 0.05) is 19.0 Å². The summed E-state index contributed by atoms with van der Waals surface area (Å²) >= 11 is 0. The monoisotopic (exact) mass is 290 g/mol. The second kappa shape index (κ2) is 6.16. The van der Waals surface area contributed by atoms with Crippen molar-refractivity contribution in [3.63, 3.8) is 0 Å². The van der Waals surface area contributed by atoms with E-state index in [1.54, 1.807) is 4.90 Å². The van der Waals surface area contributed by atoms with Gasteiger partial charge in [0.2, 0.25) is 5.91 Å². The van der Waals surface area contributed by atoms with Crippen molar-refractivity contribution in [3.05, 3.63) is 35.4 Å². The minimum Gasteiger partial charge on any atom is -0.465 e. The van der Waals surface area contributed by atoms with E-state index >= 15 is 0 Å². The van der Waals surface area contributed by atoms with Crippen LogP contribution in [0.5, 0.6) is 0 Å². The number of fused-ring (bicyclic) bond motifs is 1. The van der Waals surface area contributed by atoms with Crippen LogP contribution in [0.3, 0.4) is 0 Å². The van der Waals surface area contributed by atoms with Crippen molar-refractivity contribution in [2.45, 2.75) is 45.8 Å². The highest BCUT2D eigenvalue weighted by Gasteiger charge is 2.37. The Labute approximate surface area is 125 Å². The van der Waals surface area contributed by atoms with Gasteiger partial charge < -0.3 is 10.0 Å². The number of carboxylic acid groups (broad SMARTS) is 1. The summed E-state index contributed by atoms with van der Waals surface area (Å²) in [6.45, 7) is 6.67. The summed E-state index contributed by atoms with van der Waals surface area (Å²) in [6, 6.07) is 7.16. The molecule has 1 aliphatic heterocycles. The van der Waals surface area contributed by atoms with Crippen LogP contribution in [0.25, 0.3) is 0 Å². The van der Waals surface area contributed by atoms with Crippen molar-refractivity contribution in [2.75, 3.05) is 6.54 Å². The van der Waals surface area contributed by atoms with Gasteiger partial charge in [-0.25, -0.2) is 4.79 Å². The molecule has 21 heavy (non-hydrogen) atoms. The summed E-state index contributed by atoms with van der Waals surface area (Å²) in [5.41, 5.74) is 2.05. The standard InChI is InChI=1S/C16H22N2O3/c1-4-17(11(2)3)15(19)14-9-12-7-5-6-8-13(12)10-18(14)16(20)21/h5-8,11,14H,4,9-10H2,1-3H3,(H,20,21)/t14-/m0/s1. The first-order valence-corrected chi connectivity index (χ1v) is 7.32. The predicted molar refractivity (Wildman–Crippen MR) is 80.0 cm³/mol. The fourth-order valence-corrected chi connectivity index (χ4v) is 2.91. The third-order valence-electron chi connectivity index (χ3n) is 4.03. The fraction of sp³-hybridized carbons (Fsp3) is 0.500. The maximum Gasteiger partial charge on any atom is 0.408 e. The van der Waals surface area contributed by atoms with Gasteiger partial charge in [0.15, 0.2) is 0 Å². The van der Waals surface area contributed by atoms with Crippen LogP contribution in [-0.2, 0) is 17.8 Å². The van der Waals surface area contributed by atoms with E-state index in [1.807, 2.05) is 45.0 Å². The van der Waals surface area contributed by atoms with Gasteiger partial charge in [-0.1, -0.05) is 24.3 Å². The molecule has 114 valence electrons. The molecule has 1 aromatic rings. The Morgan fingerprint density at radius 1 is 1.33 bits per heavy atom. The molecule has 1 N–H and O–H groups in total. The fourth-order valence-electron chi connectivity index (χ4n) is 2.91. The third kappa shape index (κ3) is 3.01. The minimum atomic E-state index is -1.04. The van der Waals surface area contributed by atoms with Crippen LogP contribution in [0.15, 0.2) is 24.3 Å². The molecular weight excluding hydrogens is 268 g/mol. The topological polar surface area (TPSA) is 60.9 Å². The van der Waals surface area contributed by atoms with E-state index in [0.717, 1.165) is 11.1 Å². The van der Waals surface area contributed by atoms with Crippen molar-refractivity contribution in [1.29, 1.82) is 0 Å². The molecule has 5 heteroatoms. The molecule has 0 spiro atoms. The Morgan fingerprint density at radius 3 is 2.48 bits per heavy atom. The Bertz CT molecular complexity index is 542. The molecule has 2 rings (SSSR count). The van der Waals surface area contributed by atoms with E-state index in [-0.39, 0.29) is 18.5 Å². The lowest BCUT2D eigenvalue weighted by Gasteiger charge is -2.38. The Kier molecular flexibility index (Phi) is 4.50. The molecule has 1 atom stereocenters. The molecule has 0 radical (unpaired) electrons. The average Bonchev–Trinajstić information content (AvgIpc) is 2.46. The number of carbonyl (C=O) groups excluding carboxylic acids is 1. The SMILES string of the molecule is CCN(C(=O)[C@@H]1Cc2ccccc2CN1C(=O)O)C(C)C. The van der Waals surface area contributed by atoms with Gasteiger partial charge in [-0.3, -0.25) is 9.69 Å². The highest BCUT2D eigenvalue weighted by atomic mass is 16.4. The number of hydrogen-bond acceptors (Lipinski definition) is 2. The second-order valence-electron chi connectivity index (χ2n) is 5.62. The summed E-state index contributed by atoms with van der Waals surface area (Å²) in [4.78, 5) is 27.2. The highest BCUT2D eigenvalue weighted by Crippen LogP contribution is 2.25. The molecule has 0 aliphatic carbocycles. The van der Waals surface area contributed by atoms with E-state index in [2.05, 4.69) is 0 Å². The molecule has 1 aliphatic rings. The number of rotatable bonds is 3. The van der Waals surface area contributed by atoms with Crippen LogP contribution in [-0.4, -0.2) is 45.5 Å². The number of nitrogens with zero attached hydrogens (tertiary/aromatic N) is 2. The normalized spacial score (nSPS) is 17.5. The summed E-state index contributed by atoms with van der Waals surface area (Å²) in [5.74, 6) is -0.107. The van der Waals surface area contributed by atoms with Gasteiger partial charge in [-0.2, -0.15) is 0 Å². The quantitative estimate of drug-likeness (QED) is 0.929. The number of hydrogen-bond donors (Lipinski definition) is 1. The molecule has 1 aromatic carbocycles. The Balaban J connectivity index is 2.32. The van der Waals surface area contributed by atoms with Crippen LogP contribution in [0.2, 0.25) is 0 Å². The number of carbonyl (C=O) groups is 2. The van der Waals surface area contributed by atoms with E-state index in [4.69, 9.17) is 0 Å². The maximum atomic E-state index is 12.7. The average molecular weight is 290 g/mol. The number of likely N-dealkylation sites (N-methyl/N-ethyl adjacent to an activating group) is 1. The summed E-state index contributed by atoms with van der Waals surface area (Å²) < 4.78 is 0. The summed E-state index contributed by atoms with van der Waals surface area (Å²) in [7, 11) is 0. The molecule has 0 bridgehead atoms. The molecular formula is C16H22N2O3. The molecule has 0 unspecified atom stereocenters. The zero-order valence-corrected chi connectivity index (χ0v) is 12.7. The largest absolute Gasteiger partial charge is 0.465 e. The zero-order valence-electron chi connectivity index (χ0n) is 12.7. The van der Waals surface area contributed by atoms with Gasteiger partial charge in [0.25, 0.3) is 0 Å². The lowest BCUT2D eigenvalue weighted by Crippen LogP contribution is -2.54. The van der Waals surface area contributed by atoms with Crippen LogP contribution < -0.4 is 0 Å². The molecule has 0 fully saturated rings. The third-order valence-corrected chi connectivity index (χ3v) is 4.03. The van der Waals surface area contributed by atoms with Crippen molar-refractivity contribution < 1.29 is 14.7 Å². The first-order valence-electron chi connectivity index (χ1n) is 7.32. The van der Waals surface area contributed by atoms with Crippen LogP contribution in [0, 0.1) is 0 Å². The minimum absolute atomic E-state index is 0.0651. The van der Waals surface area contributed by atoms with E-state index in [1.165, 1.54) is 4.90 Å². The van der Waals surface area contributed by atoms with E-state index < -0.39 is 12.1 Å². The maximum absolute atomic E-state index is 12.7. The van der Waals surface area contributed by atoms with Crippen LogP contribution in [0.1, 0.15) is 31.9 Å². The molecule has 0 aromatic heterocycles. The van der Waals surface area contributed by atoms with Crippen molar-refractivity contribution in [2.24, 2.45) is 0 Å². The molecule has 5 nitrogen and oxygen atoms in total. The van der Waals surface area contributed by atoms with Gasteiger partial charge in [0.1, 0.15) is 6.04 Å². The second-order valence-corrected chi connectivity index (χ2v) is 5.62. The van der Waals surface area contributed by atoms with Gasteiger partial charge in [-0.15, -0.1) is 0 Å². The van der Waals surface area contributed by atoms with E-state index in [0.29, 0.717) is 13.0 Å². The lowest BCUT2D eigenvalue weighted by atomic mass is 9.93. The molecule has 1 heterocycles. The molecule has 0 saturated heterocycles. The van der Waals surface area contributed by atoms with E-state index in [9.17, 15) is 14.7 Å². The predicted octanol–water partition coefficient (Wildman–Crippen LogP) is 2.35. The Morgan fingerprint density at radius 2 is 1.95 bits per heavy atom. The summed E-state index contributed by atoms with van der Waals surface area (Å²) in [6.07, 6.45) is -0.590. The first-order chi connectivity index (χ1) is 9.95. The van der Waals surface area contributed by atoms with Crippen LogP contribution >= 0.6 is 0 Å². The zero-order chi connectivity index (χ0) is 15.6. The lowest BCUT2D eigenvalue weighted by molar-refractivity contribution is -0.138. The van der Waals surface area contributed by atoms with Gasteiger partial charge in [0.05, 0.1) is 6.54 Å². The summed E-state index contributed by atoms with van der Waals surface area (Å²) in [5, 5.41) is 9.43. The Hall–Kier alpha value is -2.04. The number of benzene rings is 1. The van der Waals surface area contributed by atoms with Gasteiger partial charge in [-0.05, 0) is 31.9 Å². The van der Waals surface area contributed by atoms with Gasteiger partial charge >= 0.3 is 6.09 Å². The molecule has 2 amide bonds. The smallest absolute Gasteiger partial charge is 0.408 e. The van der Waals surface area contributed by atoms with Crippen molar-refractivity contribution in [1.82, 2.24) is 9.80 Å². The first kappa shape index (κ1) is 15.4. The van der Waals surface area contributed by atoms with Crippen LogP contribution in [0.4, 0.5) is 4.79 Å². The number of amides is 2.